The third-order valence-corrected chi connectivity index (χ3v) is 5.54. The molecule has 1 aliphatic rings. The standard InChI is InChI=1S/C26H26N4O4/c1-3-33-21-11-8-20(9-12-21)25(31)29-14-16-30(17-15-29)26-22(18-27)28-24(34-26)13-10-19-6-4-5-7-23(19)32-2/h4-13H,3,14-17H2,1-2H3/b13-10+. The van der Waals surface area contributed by atoms with E-state index in [2.05, 4.69) is 11.1 Å². The smallest absolute Gasteiger partial charge is 0.253 e. The van der Waals surface area contributed by atoms with Crippen molar-refractivity contribution in [2.75, 3.05) is 44.8 Å². The molecule has 8 nitrogen and oxygen atoms in total. The molecule has 0 radical (unpaired) electrons. The van der Waals surface area contributed by atoms with Gasteiger partial charge in [0.15, 0.2) is 0 Å². The van der Waals surface area contributed by atoms with Gasteiger partial charge < -0.3 is 23.7 Å². The molecule has 0 bridgehead atoms. The van der Waals surface area contributed by atoms with Crippen molar-refractivity contribution >= 4 is 23.9 Å². The van der Waals surface area contributed by atoms with E-state index in [4.69, 9.17) is 13.9 Å². The first-order valence-corrected chi connectivity index (χ1v) is 11.1. The molecule has 34 heavy (non-hydrogen) atoms. The van der Waals surface area contributed by atoms with Gasteiger partial charge in [-0.2, -0.15) is 10.2 Å². The van der Waals surface area contributed by atoms with Gasteiger partial charge in [-0.1, -0.05) is 18.2 Å². The highest BCUT2D eigenvalue weighted by Crippen LogP contribution is 2.26. The Morgan fingerprint density at radius 3 is 2.53 bits per heavy atom. The summed E-state index contributed by atoms with van der Waals surface area (Å²) in [5.41, 5.74) is 1.73. The fourth-order valence-electron chi connectivity index (χ4n) is 3.81. The minimum atomic E-state index is -0.0267. The summed E-state index contributed by atoms with van der Waals surface area (Å²) >= 11 is 0. The Hall–Kier alpha value is -4.25. The van der Waals surface area contributed by atoms with Crippen molar-refractivity contribution < 1.29 is 18.7 Å². The second kappa shape index (κ2) is 10.6. The minimum Gasteiger partial charge on any atom is -0.496 e. The number of piperazine rings is 1. The van der Waals surface area contributed by atoms with E-state index in [-0.39, 0.29) is 11.6 Å². The highest BCUT2D eigenvalue weighted by Gasteiger charge is 2.26. The van der Waals surface area contributed by atoms with Crippen LogP contribution in [0.4, 0.5) is 5.88 Å². The van der Waals surface area contributed by atoms with Gasteiger partial charge in [0.25, 0.3) is 5.91 Å². The topological polar surface area (TPSA) is 91.8 Å². The third-order valence-electron chi connectivity index (χ3n) is 5.54. The predicted molar refractivity (Wildman–Crippen MR) is 129 cm³/mol. The molecule has 0 atom stereocenters. The lowest BCUT2D eigenvalue weighted by atomic mass is 10.1. The quantitative estimate of drug-likeness (QED) is 0.527. The molecule has 2 aromatic carbocycles. The van der Waals surface area contributed by atoms with E-state index < -0.39 is 0 Å². The first-order chi connectivity index (χ1) is 16.6. The van der Waals surface area contributed by atoms with Gasteiger partial charge in [0, 0.05) is 43.4 Å². The van der Waals surface area contributed by atoms with Crippen molar-refractivity contribution in [2.24, 2.45) is 0 Å². The highest BCUT2D eigenvalue weighted by molar-refractivity contribution is 5.94. The zero-order chi connectivity index (χ0) is 23.9. The summed E-state index contributed by atoms with van der Waals surface area (Å²) in [6, 6.07) is 16.9. The number of anilines is 1. The van der Waals surface area contributed by atoms with Crippen LogP contribution in [0.25, 0.3) is 12.2 Å². The number of methoxy groups -OCH3 is 1. The molecule has 1 saturated heterocycles. The fourth-order valence-corrected chi connectivity index (χ4v) is 3.81. The molecule has 3 aromatic rings. The van der Waals surface area contributed by atoms with Crippen molar-refractivity contribution in [1.82, 2.24) is 9.88 Å². The van der Waals surface area contributed by atoms with Gasteiger partial charge >= 0.3 is 0 Å². The fraction of sp³-hybridized carbons (Fsp3) is 0.269. The van der Waals surface area contributed by atoms with E-state index in [1.54, 1.807) is 42.4 Å². The van der Waals surface area contributed by atoms with Crippen LogP contribution in [0.3, 0.4) is 0 Å². The summed E-state index contributed by atoms with van der Waals surface area (Å²) in [5.74, 6) is 2.22. The number of rotatable bonds is 7. The predicted octanol–water partition coefficient (Wildman–Crippen LogP) is 4.09. The van der Waals surface area contributed by atoms with E-state index in [0.717, 1.165) is 17.1 Å². The van der Waals surface area contributed by atoms with Crippen LogP contribution in [0.15, 0.2) is 52.9 Å². The zero-order valence-corrected chi connectivity index (χ0v) is 19.2. The van der Waals surface area contributed by atoms with Gasteiger partial charge in [-0.3, -0.25) is 4.79 Å². The number of para-hydroxylation sites is 1. The van der Waals surface area contributed by atoms with Crippen LogP contribution in [0.2, 0.25) is 0 Å². The zero-order valence-electron chi connectivity index (χ0n) is 19.2. The maximum Gasteiger partial charge on any atom is 0.253 e. The molecular weight excluding hydrogens is 432 g/mol. The maximum atomic E-state index is 12.9. The van der Waals surface area contributed by atoms with Crippen molar-refractivity contribution in [2.45, 2.75) is 6.92 Å². The molecule has 0 aliphatic carbocycles. The number of amides is 1. The van der Waals surface area contributed by atoms with Crippen LogP contribution < -0.4 is 14.4 Å². The van der Waals surface area contributed by atoms with Crippen LogP contribution in [-0.2, 0) is 0 Å². The molecule has 2 heterocycles. The average molecular weight is 459 g/mol. The van der Waals surface area contributed by atoms with E-state index in [1.165, 1.54) is 0 Å². The molecule has 1 fully saturated rings. The Morgan fingerprint density at radius 1 is 1.12 bits per heavy atom. The van der Waals surface area contributed by atoms with Crippen LogP contribution in [-0.4, -0.2) is 55.7 Å². The number of aromatic nitrogens is 1. The molecule has 1 amide bonds. The first kappa shape index (κ1) is 22.9. The Kier molecular flexibility index (Phi) is 7.13. The monoisotopic (exact) mass is 458 g/mol. The molecule has 1 aliphatic heterocycles. The number of carbonyl (C=O) groups excluding carboxylic acids is 1. The number of nitriles is 1. The van der Waals surface area contributed by atoms with Crippen LogP contribution >= 0.6 is 0 Å². The van der Waals surface area contributed by atoms with E-state index in [0.29, 0.717) is 50.1 Å². The number of benzene rings is 2. The maximum absolute atomic E-state index is 12.9. The molecule has 0 N–H and O–H groups in total. The average Bonchev–Trinajstić information content (AvgIpc) is 3.31. The summed E-state index contributed by atoms with van der Waals surface area (Å²) < 4.78 is 16.7. The number of oxazole rings is 1. The SMILES string of the molecule is CCOc1ccc(C(=O)N2CCN(c3oc(/C=C/c4ccccc4OC)nc3C#N)CC2)cc1. The van der Waals surface area contributed by atoms with E-state index >= 15 is 0 Å². The molecule has 0 unspecified atom stereocenters. The number of hydrogen-bond donors (Lipinski definition) is 0. The molecule has 174 valence electrons. The molecule has 4 rings (SSSR count). The van der Waals surface area contributed by atoms with E-state index in [1.807, 2.05) is 42.2 Å². The molecular formula is C26H26N4O4. The van der Waals surface area contributed by atoms with Crippen molar-refractivity contribution in [3.05, 3.63) is 71.2 Å². The highest BCUT2D eigenvalue weighted by atomic mass is 16.5. The Bertz CT molecular complexity index is 1200. The lowest BCUT2D eigenvalue weighted by molar-refractivity contribution is 0.0745. The largest absolute Gasteiger partial charge is 0.496 e. The number of nitrogens with zero attached hydrogens (tertiary/aromatic N) is 4. The minimum absolute atomic E-state index is 0.0267. The van der Waals surface area contributed by atoms with Crippen molar-refractivity contribution in [1.29, 1.82) is 5.26 Å². The Labute approximate surface area is 198 Å². The van der Waals surface area contributed by atoms with Gasteiger partial charge in [0.1, 0.15) is 17.6 Å². The number of hydrogen-bond acceptors (Lipinski definition) is 7. The van der Waals surface area contributed by atoms with Gasteiger partial charge in [-0.05, 0) is 43.3 Å². The first-order valence-electron chi connectivity index (χ1n) is 11.1. The van der Waals surface area contributed by atoms with Crippen LogP contribution in [0.5, 0.6) is 11.5 Å². The second-order valence-electron chi connectivity index (χ2n) is 7.63. The Morgan fingerprint density at radius 2 is 1.85 bits per heavy atom. The number of carbonyl (C=O) groups is 1. The van der Waals surface area contributed by atoms with Crippen LogP contribution in [0.1, 0.15) is 34.4 Å². The molecule has 8 heteroatoms. The molecule has 0 saturated carbocycles. The lowest BCUT2D eigenvalue weighted by Gasteiger charge is -2.34. The summed E-state index contributed by atoms with van der Waals surface area (Å²) in [5, 5.41) is 9.56. The van der Waals surface area contributed by atoms with Gasteiger partial charge in [0.2, 0.25) is 17.5 Å². The lowest BCUT2D eigenvalue weighted by Crippen LogP contribution is -2.48. The van der Waals surface area contributed by atoms with Crippen molar-refractivity contribution in [3.63, 3.8) is 0 Å². The van der Waals surface area contributed by atoms with Crippen molar-refractivity contribution in [3.8, 4) is 17.6 Å². The molecule has 0 spiro atoms. The normalized spacial score (nSPS) is 13.7. The second-order valence-corrected chi connectivity index (χ2v) is 7.63. The summed E-state index contributed by atoms with van der Waals surface area (Å²) in [6.07, 6.45) is 3.55. The van der Waals surface area contributed by atoms with Gasteiger partial charge in [-0.15, -0.1) is 0 Å². The van der Waals surface area contributed by atoms with Gasteiger partial charge in [0.05, 0.1) is 13.7 Å². The summed E-state index contributed by atoms with van der Waals surface area (Å²) in [6.45, 7) is 4.63. The number of ether oxygens (including phenoxy) is 2. The third kappa shape index (κ3) is 5.04. The summed E-state index contributed by atoms with van der Waals surface area (Å²) in [7, 11) is 1.62. The Balaban J connectivity index is 1.42. The van der Waals surface area contributed by atoms with Crippen LogP contribution in [0, 0.1) is 11.3 Å². The summed E-state index contributed by atoms with van der Waals surface area (Å²) in [4.78, 5) is 20.9. The van der Waals surface area contributed by atoms with E-state index in [9.17, 15) is 10.1 Å². The van der Waals surface area contributed by atoms with Gasteiger partial charge in [-0.25, -0.2) is 0 Å². The molecule has 1 aromatic heterocycles.